The summed E-state index contributed by atoms with van der Waals surface area (Å²) in [4.78, 5) is 23.3. The number of hydrogen-bond donors (Lipinski definition) is 1. The zero-order valence-electron chi connectivity index (χ0n) is 15.8. The van der Waals surface area contributed by atoms with Crippen LogP contribution in [0.5, 0.6) is 0 Å². The first kappa shape index (κ1) is 19.3. The van der Waals surface area contributed by atoms with Crippen LogP contribution in [0, 0.1) is 13.8 Å². The molecule has 8 heteroatoms. The van der Waals surface area contributed by atoms with Gasteiger partial charge in [-0.25, -0.2) is 18.4 Å². The summed E-state index contributed by atoms with van der Waals surface area (Å²) in [5.41, 5.74) is 2.06. The van der Waals surface area contributed by atoms with Crippen molar-refractivity contribution in [2.75, 3.05) is 28.3 Å². The van der Waals surface area contributed by atoms with Crippen LogP contribution in [0.4, 0.5) is 11.5 Å². The van der Waals surface area contributed by atoms with Crippen LogP contribution in [-0.2, 0) is 9.84 Å². The second-order valence-electron chi connectivity index (χ2n) is 6.82. The molecule has 0 bridgehead atoms. The van der Waals surface area contributed by atoms with E-state index in [1.807, 2.05) is 43.0 Å². The van der Waals surface area contributed by atoms with Crippen LogP contribution < -0.4 is 10.2 Å². The minimum atomic E-state index is -3.00. The molecule has 1 N–H and O–H groups in total. The summed E-state index contributed by atoms with van der Waals surface area (Å²) < 4.78 is 23.7. The number of hydrogen-bond acceptors (Lipinski definition) is 6. The molecule has 0 saturated carbocycles. The molecule has 0 aliphatic carbocycles. The lowest BCUT2D eigenvalue weighted by Crippen LogP contribution is -2.37. The summed E-state index contributed by atoms with van der Waals surface area (Å²) in [5, 5.41) is 2.84. The van der Waals surface area contributed by atoms with Crippen molar-refractivity contribution >= 4 is 27.2 Å². The van der Waals surface area contributed by atoms with Crippen molar-refractivity contribution in [3.8, 4) is 0 Å². The summed E-state index contributed by atoms with van der Waals surface area (Å²) in [6.45, 7) is 6.27. The predicted molar refractivity (Wildman–Crippen MR) is 106 cm³/mol. The monoisotopic (exact) mass is 388 g/mol. The van der Waals surface area contributed by atoms with E-state index in [2.05, 4.69) is 15.3 Å². The molecule has 144 valence electrons. The average molecular weight is 388 g/mol. The molecule has 1 fully saturated rings. The van der Waals surface area contributed by atoms with E-state index in [4.69, 9.17) is 0 Å². The fourth-order valence-corrected chi connectivity index (χ4v) is 5.01. The third-order valence-corrected chi connectivity index (χ3v) is 6.40. The number of carbonyl (C=O) groups is 1. The van der Waals surface area contributed by atoms with Crippen molar-refractivity contribution in [1.82, 2.24) is 9.97 Å². The summed E-state index contributed by atoms with van der Waals surface area (Å²) in [6, 6.07) is 9.03. The molecular formula is C19H24N4O3S. The number of nitrogens with one attached hydrogen (secondary N) is 1. The van der Waals surface area contributed by atoms with Crippen LogP contribution in [0.2, 0.25) is 0 Å². The number of amides is 1. The van der Waals surface area contributed by atoms with Crippen molar-refractivity contribution < 1.29 is 13.2 Å². The largest absolute Gasteiger partial charge is 0.353 e. The summed E-state index contributed by atoms with van der Waals surface area (Å²) >= 11 is 0. The quantitative estimate of drug-likeness (QED) is 0.845. The van der Waals surface area contributed by atoms with Crippen LogP contribution >= 0.6 is 0 Å². The highest BCUT2D eigenvalue weighted by Gasteiger charge is 2.32. The molecule has 0 spiro atoms. The smallest absolute Gasteiger partial charge is 0.274 e. The summed E-state index contributed by atoms with van der Waals surface area (Å²) in [5.74, 6) is 1.05. The van der Waals surface area contributed by atoms with Crippen LogP contribution in [0.3, 0.4) is 0 Å². The molecule has 1 saturated heterocycles. The molecule has 1 aromatic heterocycles. The lowest BCUT2D eigenvalue weighted by Gasteiger charge is -2.28. The number of benzene rings is 1. The number of sulfone groups is 1. The molecule has 0 radical (unpaired) electrons. The van der Waals surface area contributed by atoms with Gasteiger partial charge in [-0.15, -0.1) is 0 Å². The normalized spacial score (nSPS) is 18.3. The van der Waals surface area contributed by atoms with Gasteiger partial charge in [0.1, 0.15) is 17.3 Å². The fourth-order valence-electron chi connectivity index (χ4n) is 3.28. The molecule has 1 amide bonds. The fraction of sp³-hybridized carbons (Fsp3) is 0.421. The molecule has 1 aromatic carbocycles. The van der Waals surface area contributed by atoms with E-state index in [9.17, 15) is 13.2 Å². The number of aryl methyl sites for hydroxylation is 2. The predicted octanol–water partition coefficient (Wildman–Crippen LogP) is 2.36. The van der Waals surface area contributed by atoms with Crippen molar-refractivity contribution in [3.05, 3.63) is 47.4 Å². The molecule has 7 nitrogen and oxygen atoms in total. The Morgan fingerprint density at radius 2 is 1.93 bits per heavy atom. The van der Waals surface area contributed by atoms with Gasteiger partial charge in [-0.2, -0.15) is 0 Å². The maximum atomic E-state index is 12.6. The van der Waals surface area contributed by atoms with E-state index in [1.165, 1.54) is 0 Å². The number of rotatable bonds is 5. The van der Waals surface area contributed by atoms with E-state index in [0.29, 0.717) is 30.3 Å². The Kier molecular flexibility index (Phi) is 5.46. The molecule has 3 rings (SSSR count). The Bertz CT molecular complexity index is 942. The second kappa shape index (κ2) is 7.64. The van der Waals surface area contributed by atoms with Gasteiger partial charge in [0.2, 0.25) is 0 Å². The van der Waals surface area contributed by atoms with Crippen LogP contribution in [-0.4, -0.2) is 48.4 Å². The van der Waals surface area contributed by atoms with Crippen LogP contribution in [0.15, 0.2) is 30.3 Å². The number of aromatic nitrogens is 2. The molecule has 1 atom stereocenters. The third-order valence-electron chi connectivity index (χ3n) is 4.65. The Balaban J connectivity index is 1.84. The Morgan fingerprint density at radius 3 is 2.52 bits per heavy atom. The SMILES string of the molecule is CCN(c1cc(C(=O)Nc2ccc(C)cc2)nc(C)n1)C1CCS(=O)(=O)C1. The van der Waals surface area contributed by atoms with E-state index in [-0.39, 0.29) is 29.1 Å². The third kappa shape index (κ3) is 4.63. The molecule has 1 unspecified atom stereocenters. The molecule has 2 aromatic rings. The molecule has 1 aliphatic rings. The van der Waals surface area contributed by atoms with E-state index < -0.39 is 9.84 Å². The Hall–Kier alpha value is -2.48. The summed E-state index contributed by atoms with van der Waals surface area (Å²) in [7, 11) is -3.00. The van der Waals surface area contributed by atoms with Gasteiger partial charge >= 0.3 is 0 Å². The number of anilines is 2. The first-order valence-corrected chi connectivity index (χ1v) is 10.8. The Labute approximate surface area is 159 Å². The standard InChI is InChI=1S/C19H24N4O3S/c1-4-23(16-9-10-27(25,26)12-16)18-11-17(20-14(3)21-18)19(24)22-15-7-5-13(2)6-8-15/h5-8,11,16H,4,9-10,12H2,1-3H3,(H,22,24). The first-order chi connectivity index (χ1) is 12.8. The first-order valence-electron chi connectivity index (χ1n) is 8.98. The van der Waals surface area contributed by atoms with Gasteiger partial charge in [0, 0.05) is 24.3 Å². The summed E-state index contributed by atoms with van der Waals surface area (Å²) in [6.07, 6.45) is 0.574. The topological polar surface area (TPSA) is 92.3 Å². The van der Waals surface area contributed by atoms with Crippen LogP contribution in [0.25, 0.3) is 0 Å². The lowest BCUT2D eigenvalue weighted by molar-refractivity contribution is 0.102. The highest BCUT2D eigenvalue weighted by molar-refractivity contribution is 7.91. The minimum absolute atomic E-state index is 0.120. The van der Waals surface area contributed by atoms with Crippen molar-refractivity contribution in [2.24, 2.45) is 0 Å². The van der Waals surface area contributed by atoms with Gasteiger partial charge in [0.15, 0.2) is 9.84 Å². The molecule has 1 aliphatic heterocycles. The minimum Gasteiger partial charge on any atom is -0.353 e. The molecule has 2 heterocycles. The van der Waals surface area contributed by atoms with E-state index in [1.54, 1.807) is 13.0 Å². The van der Waals surface area contributed by atoms with Gasteiger partial charge in [0.05, 0.1) is 11.5 Å². The zero-order valence-corrected chi connectivity index (χ0v) is 16.6. The van der Waals surface area contributed by atoms with E-state index in [0.717, 1.165) is 5.56 Å². The maximum Gasteiger partial charge on any atom is 0.274 e. The van der Waals surface area contributed by atoms with Crippen molar-refractivity contribution in [3.63, 3.8) is 0 Å². The van der Waals surface area contributed by atoms with E-state index >= 15 is 0 Å². The van der Waals surface area contributed by atoms with Crippen molar-refractivity contribution in [1.29, 1.82) is 0 Å². The van der Waals surface area contributed by atoms with Crippen LogP contribution in [0.1, 0.15) is 35.2 Å². The highest BCUT2D eigenvalue weighted by Crippen LogP contribution is 2.23. The molecule has 27 heavy (non-hydrogen) atoms. The van der Waals surface area contributed by atoms with Gasteiger partial charge in [-0.3, -0.25) is 4.79 Å². The Morgan fingerprint density at radius 1 is 1.22 bits per heavy atom. The molecular weight excluding hydrogens is 364 g/mol. The maximum absolute atomic E-state index is 12.6. The number of carbonyl (C=O) groups excluding carboxylic acids is 1. The second-order valence-corrected chi connectivity index (χ2v) is 9.05. The highest BCUT2D eigenvalue weighted by atomic mass is 32.2. The zero-order chi connectivity index (χ0) is 19.6. The van der Waals surface area contributed by atoms with Gasteiger partial charge in [0.25, 0.3) is 5.91 Å². The van der Waals surface area contributed by atoms with Gasteiger partial charge in [-0.1, -0.05) is 17.7 Å². The van der Waals surface area contributed by atoms with Gasteiger partial charge in [-0.05, 0) is 39.3 Å². The lowest BCUT2D eigenvalue weighted by atomic mass is 10.2. The van der Waals surface area contributed by atoms with Crippen molar-refractivity contribution in [2.45, 2.75) is 33.2 Å². The average Bonchev–Trinajstić information content (AvgIpc) is 2.97. The van der Waals surface area contributed by atoms with Gasteiger partial charge < -0.3 is 10.2 Å². The number of nitrogens with zero attached hydrogens (tertiary/aromatic N) is 3.